The van der Waals surface area contributed by atoms with E-state index in [1.807, 2.05) is 41.6 Å². The van der Waals surface area contributed by atoms with Gasteiger partial charge < -0.3 is 14.8 Å². The van der Waals surface area contributed by atoms with Gasteiger partial charge in [-0.25, -0.2) is 4.98 Å². The van der Waals surface area contributed by atoms with Crippen LogP contribution in [0, 0.1) is 0 Å². The van der Waals surface area contributed by atoms with Gasteiger partial charge in [0.25, 0.3) is 5.91 Å². The van der Waals surface area contributed by atoms with E-state index >= 15 is 0 Å². The standard InChI is InChI=1S/C25H37N5O2/c1-7-28-13-12-26-22(28)17-29-14-15-30(16-18(29)2)24(32)19(3)27-23(31)20-8-10-21(11-9-20)25(4,5)6/h8-13,18-19H,7,14-17H2,1-6H3,(H,27,31). The van der Waals surface area contributed by atoms with Crippen molar-refractivity contribution in [3.05, 3.63) is 53.6 Å². The summed E-state index contributed by atoms with van der Waals surface area (Å²) in [4.78, 5) is 34.3. The van der Waals surface area contributed by atoms with Gasteiger partial charge in [-0.1, -0.05) is 32.9 Å². The molecule has 1 aromatic heterocycles. The molecule has 0 spiro atoms. The molecule has 1 aliphatic heterocycles. The normalized spacial score (nSPS) is 18.4. The van der Waals surface area contributed by atoms with E-state index in [2.05, 4.69) is 54.4 Å². The van der Waals surface area contributed by atoms with E-state index < -0.39 is 6.04 Å². The van der Waals surface area contributed by atoms with E-state index in [4.69, 9.17) is 0 Å². The van der Waals surface area contributed by atoms with Gasteiger partial charge in [-0.05, 0) is 43.9 Å². The van der Waals surface area contributed by atoms with Gasteiger partial charge in [-0.3, -0.25) is 14.5 Å². The number of aromatic nitrogens is 2. The minimum atomic E-state index is -0.567. The average molecular weight is 440 g/mol. The maximum absolute atomic E-state index is 13.0. The Kier molecular flexibility index (Phi) is 7.39. The summed E-state index contributed by atoms with van der Waals surface area (Å²) in [6, 6.07) is 7.27. The SMILES string of the molecule is CCn1ccnc1CN1CCN(C(=O)C(C)NC(=O)c2ccc(C(C)(C)C)cc2)CC1C. The first-order valence-electron chi connectivity index (χ1n) is 11.5. The van der Waals surface area contributed by atoms with E-state index in [0.29, 0.717) is 18.7 Å². The summed E-state index contributed by atoms with van der Waals surface area (Å²) in [5, 5.41) is 2.87. The fourth-order valence-corrected chi connectivity index (χ4v) is 4.13. The summed E-state index contributed by atoms with van der Waals surface area (Å²) in [6.07, 6.45) is 3.84. The van der Waals surface area contributed by atoms with Crippen LogP contribution < -0.4 is 5.32 Å². The van der Waals surface area contributed by atoms with Crippen molar-refractivity contribution in [2.24, 2.45) is 0 Å². The van der Waals surface area contributed by atoms with Gasteiger partial charge in [0, 0.05) is 50.2 Å². The summed E-state index contributed by atoms with van der Waals surface area (Å²) in [5.41, 5.74) is 1.78. The van der Waals surface area contributed by atoms with Crippen molar-refractivity contribution in [1.29, 1.82) is 0 Å². The molecule has 2 amide bonds. The zero-order chi connectivity index (χ0) is 23.5. The molecule has 0 bridgehead atoms. The van der Waals surface area contributed by atoms with Crippen LogP contribution in [0.2, 0.25) is 0 Å². The van der Waals surface area contributed by atoms with E-state index in [1.54, 1.807) is 6.92 Å². The first kappa shape index (κ1) is 24.0. The third kappa shape index (κ3) is 5.57. The van der Waals surface area contributed by atoms with E-state index in [-0.39, 0.29) is 23.3 Å². The number of hydrogen-bond acceptors (Lipinski definition) is 4. The molecule has 2 aromatic rings. The van der Waals surface area contributed by atoms with Gasteiger partial charge in [-0.2, -0.15) is 0 Å². The molecule has 7 heteroatoms. The Balaban J connectivity index is 1.54. The Labute approximate surface area is 191 Å². The Hall–Kier alpha value is -2.67. The molecule has 1 aromatic carbocycles. The highest BCUT2D eigenvalue weighted by molar-refractivity contribution is 5.97. The van der Waals surface area contributed by atoms with Gasteiger partial charge in [0.05, 0.1) is 6.54 Å². The highest BCUT2D eigenvalue weighted by Gasteiger charge is 2.30. The fraction of sp³-hybridized carbons (Fsp3) is 0.560. The third-order valence-electron chi connectivity index (χ3n) is 6.29. The van der Waals surface area contributed by atoms with Crippen molar-refractivity contribution in [3.63, 3.8) is 0 Å². The molecule has 2 unspecified atom stereocenters. The van der Waals surface area contributed by atoms with Crippen molar-refractivity contribution in [2.45, 2.75) is 72.1 Å². The molecule has 1 N–H and O–H groups in total. The zero-order valence-corrected chi connectivity index (χ0v) is 20.3. The van der Waals surface area contributed by atoms with Gasteiger partial charge in [0.2, 0.25) is 5.91 Å². The Morgan fingerprint density at radius 1 is 1.19 bits per heavy atom. The maximum atomic E-state index is 13.0. The first-order chi connectivity index (χ1) is 15.1. The van der Waals surface area contributed by atoms with Crippen LogP contribution in [-0.4, -0.2) is 62.9 Å². The van der Waals surface area contributed by atoms with Crippen LogP contribution in [0.3, 0.4) is 0 Å². The molecule has 0 saturated carbocycles. The van der Waals surface area contributed by atoms with E-state index in [1.165, 1.54) is 5.56 Å². The number of imidazole rings is 1. The molecule has 174 valence electrons. The molecule has 2 atom stereocenters. The second kappa shape index (κ2) is 9.86. The number of benzene rings is 1. The number of nitrogens with zero attached hydrogens (tertiary/aromatic N) is 4. The van der Waals surface area contributed by atoms with Crippen LogP contribution in [-0.2, 0) is 23.3 Å². The largest absolute Gasteiger partial charge is 0.341 e. The number of amides is 2. The quantitative estimate of drug-likeness (QED) is 0.751. The minimum absolute atomic E-state index is 0.0345. The van der Waals surface area contributed by atoms with Crippen LogP contribution in [0.25, 0.3) is 0 Å². The zero-order valence-electron chi connectivity index (χ0n) is 20.3. The third-order valence-corrected chi connectivity index (χ3v) is 6.29. The summed E-state index contributed by atoms with van der Waals surface area (Å²) in [5.74, 6) is 0.799. The van der Waals surface area contributed by atoms with Gasteiger partial charge >= 0.3 is 0 Å². The monoisotopic (exact) mass is 439 g/mol. The van der Waals surface area contributed by atoms with Crippen molar-refractivity contribution < 1.29 is 9.59 Å². The van der Waals surface area contributed by atoms with Crippen LogP contribution in [0.5, 0.6) is 0 Å². The lowest BCUT2D eigenvalue weighted by Crippen LogP contribution is -2.57. The molecule has 32 heavy (non-hydrogen) atoms. The van der Waals surface area contributed by atoms with Gasteiger partial charge in [-0.15, -0.1) is 0 Å². The highest BCUT2D eigenvalue weighted by Crippen LogP contribution is 2.22. The summed E-state index contributed by atoms with van der Waals surface area (Å²) in [6.45, 7) is 16.2. The number of piperazine rings is 1. The van der Waals surface area contributed by atoms with Crippen LogP contribution in [0.4, 0.5) is 0 Å². The predicted molar refractivity (Wildman–Crippen MR) is 126 cm³/mol. The predicted octanol–water partition coefficient (Wildman–Crippen LogP) is 3.05. The molecular formula is C25H37N5O2. The minimum Gasteiger partial charge on any atom is -0.341 e. The van der Waals surface area contributed by atoms with Gasteiger partial charge in [0.1, 0.15) is 11.9 Å². The van der Waals surface area contributed by atoms with Crippen LogP contribution >= 0.6 is 0 Å². The van der Waals surface area contributed by atoms with Gasteiger partial charge in [0.15, 0.2) is 0 Å². The second-order valence-corrected chi connectivity index (χ2v) is 9.76. The Morgan fingerprint density at radius 3 is 2.47 bits per heavy atom. The van der Waals surface area contributed by atoms with E-state index in [9.17, 15) is 9.59 Å². The molecule has 2 heterocycles. The molecule has 1 saturated heterocycles. The Bertz CT molecular complexity index is 929. The average Bonchev–Trinajstić information content (AvgIpc) is 3.21. The number of nitrogens with one attached hydrogen (secondary N) is 1. The fourth-order valence-electron chi connectivity index (χ4n) is 4.13. The number of aryl methyl sites for hydroxylation is 1. The summed E-state index contributed by atoms with van der Waals surface area (Å²) < 4.78 is 2.15. The lowest BCUT2D eigenvalue weighted by molar-refractivity contribution is -0.135. The highest BCUT2D eigenvalue weighted by atomic mass is 16.2. The number of carbonyl (C=O) groups excluding carboxylic acids is 2. The smallest absolute Gasteiger partial charge is 0.251 e. The molecule has 3 rings (SSSR count). The van der Waals surface area contributed by atoms with Crippen molar-refractivity contribution in [2.75, 3.05) is 19.6 Å². The number of rotatable bonds is 6. The molecule has 1 aliphatic rings. The number of carbonyl (C=O) groups is 2. The number of hydrogen-bond donors (Lipinski definition) is 1. The molecule has 0 radical (unpaired) electrons. The van der Waals surface area contributed by atoms with Crippen molar-refractivity contribution >= 4 is 11.8 Å². The van der Waals surface area contributed by atoms with Crippen LogP contribution in [0.1, 0.15) is 63.3 Å². The summed E-state index contributed by atoms with van der Waals surface area (Å²) in [7, 11) is 0. The van der Waals surface area contributed by atoms with Crippen molar-refractivity contribution in [3.8, 4) is 0 Å². The molecule has 1 fully saturated rings. The van der Waals surface area contributed by atoms with Crippen molar-refractivity contribution in [1.82, 2.24) is 24.7 Å². The topological polar surface area (TPSA) is 70.5 Å². The summed E-state index contributed by atoms with van der Waals surface area (Å²) >= 11 is 0. The first-order valence-corrected chi connectivity index (χ1v) is 11.5. The van der Waals surface area contributed by atoms with Crippen LogP contribution in [0.15, 0.2) is 36.7 Å². The molecule has 7 nitrogen and oxygen atoms in total. The lowest BCUT2D eigenvalue weighted by Gasteiger charge is -2.40. The molecular weight excluding hydrogens is 402 g/mol. The van der Waals surface area contributed by atoms with E-state index in [0.717, 1.165) is 25.5 Å². The molecule has 0 aliphatic carbocycles. The lowest BCUT2D eigenvalue weighted by atomic mass is 9.86. The Morgan fingerprint density at radius 2 is 1.88 bits per heavy atom. The maximum Gasteiger partial charge on any atom is 0.251 e. The second-order valence-electron chi connectivity index (χ2n) is 9.76.